The second-order valence-corrected chi connectivity index (χ2v) is 4.94. The fourth-order valence-electron chi connectivity index (χ4n) is 1.82. The van der Waals surface area contributed by atoms with Gasteiger partial charge >= 0.3 is 12.1 Å². The van der Waals surface area contributed by atoms with Crippen LogP contribution in [0.25, 0.3) is 0 Å². The molecular weight excluding hydrogens is 299 g/mol. The number of halogens is 4. The van der Waals surface area contributed by atoms with Gasteiger partial charge in [-0.15, -0.1) is 0 Å². The molecule has 8 heteroatoms. The number of hydrogen-bond acceptors (Lipinski definition) is 2. The van der Waals surface area contributed by atoms with Gasteiger partial charge < -0.3 is 10.4 Å². The maximum atomic E-state index is 12.6. The topological polar surface area (TPSA) is 66.4 Å². The number of benzene rings is 1. The quantitative estimate of drug-likeness (QED) is 0.902. The van der Waals surface area contributed by atoms with Crippen LogP contribution in [0.4, 0.5) is 18.9 Å². The van der Waals surface area contributed by atoms with Gasteiger partial charge in [-0.1, -0.05) is 11.6 Å². The summed E-state index contributed by atoms with van der Waals surface area (Å²) >= 11 is 5.57. The Morgan fingerprint density at radius 2 is 1.90 bits per heavy atom. The third-order valence-electron chi connectivity index (χ3n) is 2.94. The summed E-state index contributed by atoms with van der Waals surface area (Å²) in [5.74, 6) is -3.18. The molecule has 2 N–H and O–H groups in total. The minimum atomic E-state index is -4.58. The first-order valence-corrected chi connectivity index (χ1v) is 5.97. The van der Waals surface area contributed by atoms with E-state index in [9.17, 15) is 22.8 Å². The molecule has 4 nitrogen and oxygen atoms in total. The second kappa shape index (κ2) is 4.97. The number of amides is 1. The molecular formula is C12H9ClF3NO3. The van der Waals surface area contributed by atoms with Crippen LogP contribution in [0.5, 0.6) is 0 Å². The van der Waals surface area contributed by atoms with Gasteiger partial charge in [-0.2, -0.15) is 13.2 Å². The predicted molar refractivity (Wildman–Crippen MR) is 64.3 cm³/mol. The Kier molecular flexibility index (Phi) is 3.64. The highest BCUT2D eigenvalue weighted by Gasteiger charge is 2.48. The van der Waals surface area contributed by atoms with Crippen LogP contribution in [-0.4, -0.2) is 17.0 Å². The van der Waals surface area contributed by atoms with Crippen molar-refractivity contribution in [2.24, 2.45) is 11.8 Å². The fourth-order valence-corrected chi connectivity index (χ4v) is 2.05. The minimum Gasteiger partial charge on any atom is -0.481 e. The van der Waals surface area contributed by atoms with Crippen molar-refractivity contribution < 1.29 is 27.9 Å². The molecule has 108 valence electrons. The Labute approximate surface area is 116 Å². The molecule has 0 aliphatic heterocycles. The summed E-state index contributed by atoms with van der Waals surface area (Å²) in [7, 11) is 0. The van der Waals surface area contributed by atoms with Crippen molar-refractivity contribution in [3.63, 3.8) is 0 Å². The Morgan fingerprint density at radius 1 is 1.25 bits per heavy atom. The second-order valence-electron chi connectivity index (χ2n) is 4.50. The Hall–Kier alpha value is -1.76. The summed E-state index contributed by atoms with van der Waals surface area (Å²) in [6, 6.07) is 2.67. The molecule has 0 saturated heterocycles. The third kappa shape index (κ3) is 3.22. The number of nitrogens with one attached hydrogen (secondary N) is 1. The Balaban J connectivity index is 2.12. The molecule has 1 fully saturated rings. The van der Waals surface area contributed by atoms with E-state index in [1.165, 1.54) is 6.07 Å². The monoisotopic (exact) mass is 307 g/mol. The molecule has 2 atom stereocenters. The van der Waals surface area contributed by atoms with Gasteiger partial charge in [-0.05, 0) is 24.6 Å². The van der Waals surface area contributed by atoms with E-state index in [0.717, 1.165) is 12.1 Å². The number of hydrogen-bond donors (Lipinski definition) is 2. The highest BCUT2D eigenvalue weighted by Crippen LogP contribution is 2.40. The molecule has 1 aliphatic rings. The van der Waals surface area contributed by atoms with Crippen LogP contribution in [0.2, 0.25) is 5.02 Å². The average Bonchev–Trinajstić information content (AvgIpc) is 3.06. The molecule has 2 rings (SSSR count). The molecule has 0 aromatic heterocycles. The first-order chi connectivity index (χ1) is 9.18. The van der Waals surface area contributed by atoms with Crippen LogP contribution in [0.3, 0.4) is 0 Å². The number of carboxylic acid groups (broad SMARTS) is 1. The summed E-state index contributed by atoms with van der Waals surface area (Å²) in [5, 5.41) is 10.8. The van der Waals surface area contributed by atoms with Gasteiger partial charge in [0.2, 0.25) is 5.91 Å². The molecule has 0 radical (unpaired) electrons. The molecule has 1 amide bonds. The lowest BCUT2D eigenvalue weighted by Crippen LogP contribution is -2.17. The van der Waals surface area contributed by atoms with Crippen molar-refractivity contribution in [3.05, 3.63) is 28.8 Å². The Bertz CT molecular complexity index is 574. The van der Waals surface area contributed by atoms with Crippen LogP contribution in [0.15, 0.2) is 18.2 Å². The zero-order valence-electron chi connectivity index (χ0n) is 9.87. The summed E-state index contributed by atoms with van der Waals surface area (Å²) in [6.45, 7) is 0. The van der Waals surface area contributed by atoms with E-state index in [4.69, 9.17) is 16.7 Å². The third-order valence-corrected chi connectivity index (χ3v) is 3.16. The first kappa shape index (κ1) is 14.6. The van der Waals surface area contributed by atoms with Crippen LogP contribution in [-0.2, 0) is 15.8 Å². The summed E-state index contributed by atoms with van der Waals surface area (Å²) < 4.78 is 37.7. The number of anilines is 1. The van der Waals surface area contributed by atoms with Gasteiger partial charge in [0.25, 0.3) is 0 Å². The fraction of sp³-hybridized carbons (Fsp3) is 0.333. The van der Waals surface area contributed by atoms with Crippen molar-refractivity contribution >= 4 is 29.2 Å². The molecule has 2 unspecified atom stereocenters. The van der Waals surface area contributed by atoms with Crippen molar-refractivity contribution in [3.8, 4) is 0 Å². The molecule has 1 aromatic rings. The van der Waals surface area contributed by atoms with Crippen LogP contribution < -0.4 is 5.32 Å². The normalized spacial score (nSPS) is 21.4. The maximum Gasteiger partial charge on any atom is 0.416 e. The lowest BCUT2D eigenvalue weighted by molar-refractivity contribution is -0.139. The SMILES string of the molecule is O=C(O)C1CC1C(=O)Nc1cc(Cl)cc(C(F)(F)F)c1. The van der Waals surface area contributed by atoms with E-state index in [2.05, 4.69) is 5.32 Å². The van der Waals surface area contributed by atoms with Crippen LogP contribution in [0, 0.1) is 11.8 Å². The molecule has 1 aromatic carbocycles. The van der Waals surface area contributed by atoms with E-state index in [-0.39, 0.29) is 17.1 Å². The summed E-state index contributed by atoms with van der Waals surface area (Å²) in [6.07, 6.45) is -4.39. The number of carboxylic acids is 1. The number of alkyl halides is 3. The molecule has 1 aliphatic carbocycles. The predicted octanol–water partition coefficient (Wildman–Crippen LogP) is 3.02. The minimum absolute atomic E-state index is 0.106. The van der Waals surface area contributed by atoms with Crippen molar-refractivity contribution in [2.45, 2.75) is 12.6 Å². The van der Waals surface area contributed by atoms with Gasteiger partial charge in [0, 0.05) is 10.7 Å². The van der Waals surface area contributed by atoms with Crippen LogP contribution >= 0.6 is 11.6 Å². The molecule has 20 heavy (non-hydrogen) atoms. The summed E-state index contributed by atoms with van der Waals surface area (Å²) in [5.41, 5.74) is -1.09. The molecule has 0 spiro atoms. The largest absolute Gasteiger partial charge is 0.481 e. The number of carbonyl (C=O) groups is 2. The van der Waals surface area contributed by atoms with E-state index >= 15 is 0 Å². The zero-order valence-corrected chi connectivity index (χ0v) is 10.6. The highest BCUT2D eigenvalue weighted by atomic mass is 35.5. The number of carbonyl (C=O) groups excluding carboxylic acids is 1. The van der Waals surface area contributed by atoms with E-state index in [0.29, 0.717) is 0 Å². The molecule has 0 bridgehead atoms. The average molecular weight is 308 g/mol. The first-order valence-electron chi connectivity index (χ1n) is 5.60. The van der Waals surface area contributed by atoms with E-state index in [1.54, 1.807) is 0 Å². The van der Waals surface area contributed by atoms with Crippen molar-refractivity contribution in [2.75, 3.05) is 5.32 Å². The number of rotatable bonds is 3. The van der Waals surface area contributed by atoms with Crippen molar-refractivity contribution in [1.29, 1.82) is 0 Å². The van der Waals surface area contributed by atoms with E-state index in [1.807, 2.05) is 0 Å². The van der Waals surface area contributed by atoms with Gasteiger partial charge in [-0.25, -0.2) is 0 Å². The standard InChI is InChI=1S/C12H9ClF3NO3/c13-6-1-5(12(14,15)16)2-7(3-6)17-10(18)8-4-9(8)11(19)20/h1-3,8-9H,4H2,(H,17,18)(H,19,20). The lowest BCUT2D eigenvalue weighted by Gasteiger charge is -2.10. The van der Waals surface area contributed by atoms with Gasteiger partial charge in [0.15, 0.2) is 0 Å². The van der Waals surface area contributed by atoms with Crippen molar-refractivity contribution in [1.82, 2.24) is 0 Å². The molecule has 1 saturated carbocycles. The Morgan fingerprint density at radius 3 is 2.40 bits per heavy atom. The number of aliphatic carboxylic acids is 1. The summed E-state index contributed by atoms with van der Waals surface area (Å²) in [4.78, 5) is 22.3. The maximum absolute atomic E-state index is 12.6. The molecule has 0 heterocycles. The zero-order chi connectivity index (χ0) is 15.1. The smallest absolute Gasteiger partial charge is 0.416 e. The van der Waals surface area contributed by atoms with Gasteiger partial charge in [0.05, 0.1) is 17.4 Å². The van der Waals surface area contributed by atoms with Crippen LogP contribution in [0.1, 0.15) is 12.0 Å². The van der Waals surface area contributed by atoms with Gasteiger partial charge in [-0.3, -0.25) is 9.59 Å². The highest BCUT2D eigenvalue weighted by molar-refractivity contribution is 6.31. The van der Waals surface area contributed by atoms with Gasteiger partial charge in [0.1, 0.15) is 0 Å². The van der Waals surface area contributed by atoms with E-state index < -0.39 is 35.5 Å². The lowest BCUT2D eigenvalue weighted by atomic mass is 10.2.